The highest BCUT2D eigenvalue weighted by Crippen LogP contribution is 2.32. The van der Waals surface area contributed by atoms with Crippen LogP contribution in [0.15, 0.2) is 66.7 Å². The maximum Gasteiger partial charge on any atom is 0.336 e. The van der Waals surface area contributed by atoms with E-state index in [0.717, 1.165) is 48.0 Å². The molecule has 10 heteroatoms. The number of aliphatic hydroxyl groups is 1. The molecule has 3 aromatic rings. The molecule has 1 fully saturated rings. The molecule has 0 spiro atoms. The van der Waals surface area contributed by atoms with Crippen molar-refractivity contribution in [3.8, 4) is 0 Å². The number of methoxy groups -OCH3 is 1. The van der Waals surface area contributed by atoms with E-state index < -0.39 is 53.8 Å². The molecule has 2 unspecified atom stereocenters. The quantitative estimate of drug-likeness (QED) is 0.181. The van der Waals surface area contributed by atoms with E-state index in [1.807, 2.05) is 56.3 Å². The molecule has 48 heavy (non-hydrogen) atoms. The fourth-order valence-corrected chi connectivity index (χ4v) is 7.06. The Hall–Kier alpha value is -4.57. The van der Waals surface area contributed by atoms with Crippen LogP contribution < -0.4 is 10.6 Å². The van der Waals surface area contributed by atoms with Crippen LogP contribution in [0.1, 0.15) is 85.1 Å². The summed E-state index contributed by atoms with van der Waals surface area (Å²) in [6.07, 6.45) is 4.17. The number of amides is 4. The third-order valence-electron chi connectivity index (χ3n) is 9.49. The topological polar surface area (TPSA) is 142 Å². The number of carbonyl (C=O) groups is 5. The van der Waals surface area contributed by atoms with Gasteiger partial charge in [-0.3, -0.25) is 24.1 Å². The SMILES string of the molecule is COC(=O)C(O)[C@H](CC1CCCCC1)NC(=O)C(CC(C)C)NC(=O)[C@H](Cc1ccccc1)N1C(=O)c2cccc3cccc(c23)C1=O. The molecule has 10 nitrogen and oxygen atoms in total. The molecule has 1 heterocycles. The van der Waals surface area contributed by atoms with E-state index in [1.54, 1.807) is 24.3 Å². The van der Waals surface area contributed by atoms with Crippen molar-refractivity contribution in [3.63, 3.8) is 0 Å². The van der Waals surface area contributed by atoms with Crippen LogP contribution >= 0.6 is 0 Å². The lowest BCUT2D eigenvalue weighted by Crippen LogP contribution is -2.59. The maximum atomic E-state index is 14.3. The fraction of sp³-hybridized carbons (Fsp3) is 0.447. The minimum atomic E-state index is -1.58. The van der Waals surface area contributed by atoms with Gasteiger partial charge in [0.2, 0.25) is 11.8 Å². The molecule has 0 saturated heterocycles. The molecular formula is C38H45N3O7. The van der Waals surface area contributed by atoms with Crippen LogP contribution in [0.3, 0.4) is 0 Å². The first-order valence-corrected chi connectivity index (χ1v) is 16.9. The predicted molar refractivity (Wildman–Crippen MR) is 181 cm³/mol. The van der Waals surface area contributed by atoms with Gasteiger partial charge in [-0.05, 0) is 47.8 Å². The molecule has 0 radical (unpaired) electrons. The summed E-state index contributed by atoms with van der Waals surface area (Å²) in [6.45, 7) is 3.82. The van der Waals surface area contributed by atoms with Crippen molar-refractivity contribution in [1.29, 1.82) is 0 Å². The van der Waals surface area contributed by atoms with Gasteiger partial charge in [0.05, 0.1) is 13.2 Å². The van der Waals surface area contributed by atoms with Gasteiger partial charge in [-0.2, -0.15) is 0 Å². The zero-order chi connectivity index (χ0) is 34.4. The molecule has 0 aromatic heterocycles. The molecule has 2 aliphatic rings. The molecule has 1 saturated carbocycles. The van der Waals surface area contributed by atoms with Crippen LogP contribution in [-0.2, 0) is 25.5 Å². The zero-order valence-electron chi connectivity index (χ0n) is 27.8. The van der Waals surface area contributed by atoms with E-state index >= 15 is 0 Å². The summed E-state index contributed by atoms with van der Waals surface area (Å²) < 4.78 is 4.79. The largest absolute Gasteiger partial charge is 0.467 e. The standard InChI is InChI=1S/C38H45N3O7/c1-23(2)20-30(34(43)39-29(33(42)38(47)48-3)21-24-12-6-4-7-13-24)40-35(44)31(22-25-14-8-5-9-15-25)41-36(45)27-18-10-16-26-17-11-19-28(32(26)27)37(41)46/h5,8-11,14-19,23-24,29-31,33,42H,4,6-7,12-13,20-22H2,1-3H3,(H,39,43)(H,40,44)/t29-,30?,31-,33?/m0/s1. The van der Waals surface area contributed by atoms with Gasteiger partial charge in [-0.25, -0.2) is 4.79 Å². The number of carbonyl (C=O) groups excluding carboxylic acids is 5. The highest BCUT2D eigenvalue weighted by molar-refractivity contribution is 6.26. The number of nitrogens with zero attached hydrogens (tertiary/aromatic N) is 1. The molecule has 1 aliphatic heterocycles. The molecule has 4 atom stereocenters. The summed E-state index contributed by atoms with van der Waals surface area (Å²) in [7, 11) is 1.18. The Morgan fingerprint density at radius 1 is 0.854 bits per heavy atom. The number of hydrogen-bond donors (Lipinski definition) is 3. The van der Waals surface area contributed by atoms with Gasteiger partial charge in [-0.15, -0.1) is 0 Å². The summed E-state index contributed by atoms with van der Waals surface area (Å²) in [6, 6.07) is 16.3. The van der Waals surface area contributed by atoms with Crippen LogP contribution in [0.25, 0.3) is 10.8 Å². The van der Waals surface area contributed by atoms with E-state index in [2.05, 4.69) is 10.6 Å². The summed E-state index contributed by atoms with van der Waals surface area (Å²) in [5, 5.41) is 17.9. The van der Waals surface area contributed by atoms with Crippen molar-refractivity contribution in [1.82, 2.24) is 15.5 Å². The average molecular weight is 656 g/mol. The highest BCUT2D eigenvalue weighted by atomic mass is 16.5. The van der Waals surface area contributed by atoms with Crippen LogP contribution in [0.5, 0.6) is 0 Å². The molecule has 3 N–H and O–H groups in total. The number of ether oxygens (including phenoxy) is 1. The Bertz CT molecular complexity index is 1600. The minimum absolute atomic E-state index is 0.0290. The second kappa shape index (κ2) is 15.6. The van der Waals surface area contributed by atoms with E-state index in [4.69, 9.17) is 4.74 Å². The number of esters is 1. The van der Waals surface area contributed by atoms with Crippen molar-refractivity contribution in [2.75, 3.05) is 7.11 Å². The van der Waals surface area contributed by atoms with Gasteiger partial charge in [0, 0.05) is 22.9 Å². The van der Waals surface area contributed by atoms with Gasteiger partial charge in [-0.1, -0.05) is 101 Å². The van der Waals surface area contributed by atoms with Crippen molar-refractivity contribution >= 4 is 40.4 Å². The summed E-state index contributed by atoms with van der Waals surface area (Å²) in [4.78, 5) is 69.7. The van der Waals surface area contributed by atoms with Crippen molar-refractivity contribution in [2.24, 2.45) is 11.8 Å². The summed E-state index contributed by atoms with van der Waals surface area (Å²) >= 11 is 0. The first-order valence-electron chi connectivity index (χ1n) is 16.9. The van der Waals surface area contributed by atoms with Gasteiger partial charge in [0.25, 0.3) is 11.8 Å². The second-order valence-electron chi connectivity index (χ2n) is 13.4. The first kappa shape index (κ1) is 34.8. The fourth-order valence-electron chi connectivity index (χ4n) is 7.06. The molecule has 5 rings (SSSR count). The Labute approximate surface area is 281 Å². The number of nitrogens with one attached hydrogen (secondary N) is 2. The van der Waals surface area contributed by atoms with Crippen molar-refractivity contribution < 1.29 is 33.8 Å². The molecular weight excluding hydrogens is 610 g/mol. The van der Waals surface area contributed by atoms with E-state index in [9.17, 15) is 29.1 Å². The Morgan fingerprint density at radius 2 is 1.48 bits per heavy atom. The maximum absolute atomic E-state index is 14.3. The number of hydrogen-bond acceptors (Lipinski definition) is 7. The molecule has 4 amide bonds. The smallest absolute Gasteiger partial charge is 0.336 e. The van der Waals surface area contributed by atoms with Gasteiger partial charge >= 0.3 is 5.97 Å². The third kappa shape index (κ3) is 7.76. The summed E-state index contributed by atoms with van der Waals surface area (Å²) in [5.74, 6) is -3.05. The van der Waals surface area contributed by atoms with E-state index in [0.29, 0.717) is 22.9 Å². The van der Waals surface area contributed by atoms with Crippen LogP contribution in [-0.4, -0.2) is 70.9 Å². The Balaban J connectivity index is 1.44. The second-order valence-corrected chi connectivity index (χ2v) is 13.4. The lowest BCUT2D eigenvalue weighted by atomic mass is 9.83. The van der Waals surface area contributed by atoms with E-state index in [1.165, 1.54) is 7.11 Å². The van der Waals surface area contributed by atoms with Gasteiger partial charge in [0.1, 0.15) is 12.1 Å². The Kier molecular flexibility index (Phi) is 11.3. The Morgan fingerprint density at radius 3 is 2.06 bits per heavy atom. The van der Waals surface area contributed by atoms with Crippen LogP contribution in [0.2, 0.25) is 0 Å². The number of imide groups is 1. The molecule has 3 aromatic carbocycles. The number of rotatable bonds is 13. The first-order chi connectivity index (χ1) is 23.1. The zero-order valence-corrected chi connectivity index (χ0v) is 27.8. The van der Waals surface area contributed by atoms with Gasteiger partial charge < -0.3 is 20.5 Å². The monoisotopic (exact) mass is 655 g/mol. The number of aliphatic hydroxyl groups excluding tert-OH is 1. The molecule has 1 aliphatic carbocycles. The molecule has 0 bridgehead atoms. The average Bonchev–Trinajstić information content (AvgIpc) is 3.09. The lowest BCUT2D eigenvalue weighted by Gasteiger charge is -2.34. The molecule has 254 valence electrons. The lowest BCUT2D eigenvalue weighted by molar-refractivity contribution is -0.153. The third-order valence-corrected chi connectivity index (χ3v) is 9.49. The minimum Gasteiger partial charge on any atom is -0.467 e. The van der Waals surface area contributed by atoms with Crippen LogP contribution in [0.4, 0.5) is 0 Å². The van der Waals surface area contributed by atoms with Gasteiger partial charge in [0.15, 0.2) is 6.10 Å². The predicted octanol–water partition coefficient (Wildman–Crippen LogP) is 4.57. The summed E-state index contributed by atoms with van der Waals surface area (Å²) in [5.41, 5.74) is 1.38. The normalized spacial score (nSPS) is 17.5. The van der Waals surface area contributed by atoms with Crippen LogP contribution in [0, 0.1) is 11.8 Å². The van der Waals surface area contributed by atoms with Crippen molar-refractivity contribution in [2.45, 2.75) is 89.4 Å². The van der Waals surface area contributed by atoms with Crippen molar-refractivity contribution in [3.05, 3.63) is 83.4 Å². The van der Waals surface area contributed by atoms with E-state index in [-0.39, 0.29) is 24.7 Å². The highest BCUT2D eigenvalue weighted by Gasteiger charge is 2.42. The number of benzene rings is 3.